The van der Waals surface area contributed by atoms with Gasteiger partial charge in [-0.1, -0.05) is 50.1 Å². The molecule has 0 spiro atoms. The number of nitrogens with zero attached hydrogens (tertiary/aromatic N) is 4. The number of alkyl halides is 3. The van der Waals surface area contributed by atoms with Crippen LogP contribution in [-0.2, 0) is 12.7 Å². The zero-order chi connectivity index (χ0) is 28.3. The molecule has 0 aliphatic carbocycles. The molecule has 0 radical (unpaired) electrons. The molecule has 1 aromatic carbocycles. The molecule has 1 N–H and O–H groups in total. The Morgan fingerprint density at radius 3 is 2.60 bits per heavy atom. The number of anilines is 1. The van der Waals surface area contributed by atoms with Gasteiger partial charge in [-0.05, 0) is 73.0 Å². The van der Waals surface area contributed by atoms with Crippen LogP contribution in [0.1, 0.15) is 62.3 Å². The number of halogens is 4. The molecule has 1 fully saturated rings. The number of nitrogens with one attached hydrogen (secondary N) is 1. The molecule has 0 saturated carbocycles. The van der Waals surface area contributed by atoms with Crippen LogP contribution in [0.5, 0.6) is 0 Å². The highest BCUT2D eigenvalue weighted by Crippen LogP contribution is 2.39. The summed E-state index contributed by atoms with van der Waals surface area (Å²) < 4.78 is 44.2. The summed E-state index contributed by atoms with van der Waals surface area (Å²) in [5, 5.41) is 4.02. The van der Waals surface area contributed by atoms with Crippen molar-refractivity contribution < 1.29 is 13.2 Å². The van der Waals surface area contributed by atoms with Gasteiger partial charge in [0.2, 0.25) is 0 Å². The highest BCUT2D eigenvalue weighted by molar-refractivity contribution is 6.30. The molecule has 5 rings (SSSR count). The van der Waals surface area contributed by atoms with E-state index in [0.717, 1.165) is 50.1 Å². The van der Waals surface area contributed by atoms with Crippen molar-refractivity contribution in [3.63, 3.8) is 0 Å². The van der Waals surface area contributed by atoms with Crippen molar-refractivity contribution in [3.8, 4) is 11.1 Å². The molecular formula is C31H35ClF3N5. The third kappa shape index (κ3) is 6.61. The van der Waals surface area contributed by atoms with E-state index in [4.69, 9.17) is 16.6 Å². The van der Waals surface area contributed by atoms with Crippen LogP contribution in [0.3, 0.4) is 0 Å². The number of piperidine rings is 1. The van der Waals surface area contributed by atoms with Gasteiger partial charge in [-0.3, -0.25) is 0 Å². The number of fused-ring (bicyclic) bond motifs is 1. The minimum atomic E-state index is -4.50. The second-order valence-corrected chi connectivity index (χ2v) is 11.3. The van der Waals surface area contributed by atoms with E-state index in [-0.39, 0.29) is 5.82 Å². The molecule has 0 bridgehead atoms. The Bertz CT molecular complexity index is 1440. The van der Waals surface area contributed by atoms with E-state index in [1.165, 1.54) is 17.8 Å². The molecular weight excluding hydrogens is 535 g/mol. The lowest BCUT2D eigenvalue weighted by atomic mass is 9.96. The maximum absolute atomic E-state index is 14.0. The predicted octanol–water partition coefficient (Wildman–Crippen LogP) is 7.98. The summed E-state index contributed by atoms with van der Waals surface area (Å²) >= 11 is 6.05. The Morgan fingerprint density at radius 2 is 1.88 bits per heavy atom. The summed E-state index contributed by atoms with van der Waals surface area (Å²) in [6.07, 6.45) is 5.13. The average molecular weight is 570 g/mol. The Morgan fingerprint density at radius 1 is 1.07 bits per heavy atom. The lowest BCUT2D eigenvalue weighted by Crippen LogP contribution is -2.38. The second-order valence-electron chi connectivity index (χ2n) is 10.8. The van der Waals surface area contributed by atoms with Gasteiger partial charge in [0.05, 0.1) is 11.3 Å². The molecule has 4 heterocycles. The summed E-state index contributed by atoms with van der Waals surface area (Å²) in [5.41, 5.74) is 3.57. The van der Waals surface area contributed by atoms with E-state index < -0.39 is 11.7 Å². The van der Waals surface area contributed by atoms with Gasteiger partial charge < -0.3 is 14.6 Å². The fourth-order valence-electron chi connectivity index (χ4n) is 5.49. The molecule has 1 saturated heterocycles. The summed E-state index contributed by atoms with van der Waals surface area (Å²) in [6.45, 7) is 7.05. The Labute approximate surface area is 238 Å². The normalized spacial score (nSPS) is 15.6. The largest absolute Gasteiger partial charge is 0.419 e. The maximum Gasteiger partial charge on any atom is 0.419 e. The number of aromatic nitrogens is 3. The first kappa shape index (κ1) is 28.4. The van der Waals surface area contributed by atoms with Crippen LogP contribution in [-0.4, -0.2) is 34.0 Å². The molecule has 4 aromatic rings. The lowest BCUT2D eigenvalue weighted by Gasteiger charge is -2.34. The molecule has 1 atom stereocenters. The summed E-state index contributed by atoms with van der Waals surface area (Å²) in [5.74, 6) is 0.849. The molecule has 212 valence electrons. The van der Waals surface area contributed by atoms with E-state index >= 15 is 0 Å². The quantitative estimate of drug-likeness (QED) is 0.222. The topological polar surface area (TPSA) is 45.5 Å². The molecule has 3 aromatic heterocycles. The van der Waals surface area contributed by atoms with Crippen molar-refractivity contribution in [3.05, 3.63) is 82.9 Å². The fourth-order valence-corrected chi connectivity index (χ4v) is 5.68. The minimum absolute atomic E-state index is 0.00551. The highest BCUT2D eigenvalue weighted by Gasteiger charge is 2.37. The van der Waals surface area contributed by atoms with E-state index in [1.54, 1.807) is 29.2 Å². The Hall–Kier alpha value is -3.10. The third-order valence-electron chi connectivity index (χ3n) is 7.76. The van der Waals surface area contributed by atoms with Crippen LogP contribution >= 0.6 is 11.6 Å². The van der Waals surface area contributed by atoms with Crippen molar-refractivity contribution in [1.29, 1.82) is 0 Å². The molecule has 1 aliphatic rings. The molecule has 5 nitrogen and oxygen atoms in total. The number of benzene rings is 1. The number of rotatable bonds is 9. The van der Waals surface area contributed by atoms with Crippen molar-refractivity contribution in [1.82, 2.24) is 19.7 Å². The second kappa shape index (κ2) is 12.2. The average Bonchev–Trinajstić information content (AvgIpc) is 3.37. The van der Waals surface area contributed by atoms with E-state index in [2.05, 4.69) is 53.1 Å². The van der Waals surface area contributed by atoms with Gasteiger partial charge in [0.25, 0.3) is 0 Å². The fraction of sp³-hybridized carbons (Fsp3) is 0.419. The lowest BCUT2D eigenvalue weighted by molar-refractivity contribution is -0.137. The molecule has 1 unspecified atom stereocenters. The predicted molar refractivity (Wildman–Crippen MR) is 155 cm³/mol. The smallest absolute Gasteiger partial charge is 0.356 e. The molecule has 40 heavy (non-hydrogen) atoms. The van der Waals surface area contributed by atoms with Crippen LogP contribution in [0.4, 0.5) is 19.0 Å². The minimum Gasteiger partial charge on any atom is -0.356 e. The SMILES string of the molecule is CCCC(C)c1cn2cc(CNCC3CCN(c4ncc(-c5cccc(Cl)c5)cc4C(F)(F)F)CC3)ccc2n1. The van der Waals surface area contributed by atoms with Gasteiger partial charge >= 0.3 is 6.18 Å². The van der Waals surface area contributed by atoms with Gasteiger partial charge in [-0.25, -0.2) is 9.97 Å². The number of imidazole rings is 1. The first-order valence-electron chi connectivity index (χ1n) is 14.0. The maximum atomic E-state index is 14.0. The first-order chi connectivity index (χ1) is 19.2. The van der Waals surface area contributed by atoms with Gasteiger partial charge in [-0.2, -0.15) is 13.2 Å². The molecule has 0 amide bonds. The van der Waals surface area contributed by atoms with E-state index in [0.29, 0.717) is 41.1 Å². The Kier molecular flexibility index (Phi) is 8.66. The Balaban J connectivity index is 1.18. The van der Waals surface area contributed by atoms with Crippen molar-refractivity contribution in [2.75, 3.05) is 24.5 Å². The van der Waals surface area contributed by atoms with E-state index in [1.807, 2.05) is 0 Å². The zero-order valence-electron chi connectivity index (χ0n) is 22.9. The van der Waals surface area contributed by atoms with Gasteiger partial charge in [0, 0.05) is 48.8 Å². The monoisotopic (exact) mass is 569 g/mol. The van der Waals surface area contributed by atoms with Crippen LogP contribution in [0.2, 0.25) is 5.02 Å². The van der Waals surface area contributed by atoms with Gasteiger partial charge in [0.15, 0.2) is 0 Å². The van der Waals surface area contributed by atoms with Crippen LogP contribution < -0.4 is 10.2 Å². The first-order valence-corrected chi connectivity index (χ1v) is 14.4. The number of hydrogen-bond donors (Lipinski definition) is 1. The molecule has 1 aliphatic heterocycles. The number of pyridine rings is 2. The zero-order valence-corrected chi connectivity index (χ0v) is 23.6. The summed E-state index contributed by atoms with van der Waals surface area (Å²) in [7, 11) is 0. The van der Waals surface area contributed by atoms with E-state index in [9.17, 15) is 13.2 Å². The summed E-state index contributed by atoms with van der Waals surface area (Å²) in [4.78, 5) is 10.8. The highest BCUT2D eigenvalue weighted by atomic mass is 35.5. The summed E-state index contributed by atoms with van der Waals surface area (Å²) in [6, 6.07) is 12.1. The van der Waals surface area contributed by atoms with Gasteiger partial charge in [0.1, 0.15) is 11.5 Å². The van der Waals surface area contributed by atoms with Crippen molar-refractivity contribution >= 4 is 23.1 Å². The van der Waals surface area contributed by atoms with Crippen LogP contribution in [0, 0.1) is 5.92 Å². The van der Waals surface area contributed by atoms with Crippen LogP contribution in [0.15, 0.2) is 61.1 Å². The van der Waals surface area contributed by atoms with Crippen LogP contribution in [0.25, 0.3) is 16.8 Å². The number of hydrogen-bond acceptors (Lipinski definition) is 4. The third-order valence-corrected chi connectivity index (χ3v) is 8.00. The van der Waals surface area contributed by atoms with Gasteiger partial charge in [-0.15, -0.1) is 0 Å². The van der Waals surface area contributed by atoms with Crippen molar-refractivity contribution in [2.24, 2.45) is 5.92 Å². The molecule has 9 heteroatoms. The standard InChI is InChI=1S/C31H35ClF3N5/c1-3-5-21(2)28-20-40-19-23(8-9-29(40)38-28)17-36-16-22-10-12-39(13-11-22)30-27(31(33,34)35)15-25(18-37-30)24-6-4-7-26(32)14-24/h4,6-9,14-15,18-22,36H,3,5,10-13,16-17H2,1-2H3. The van der Waals surface area contributed by atoms with Crippen molar-refractivity contribution in [2.45, 2.75) is 58.2 Å².